The molecule has 5 heterocycles. The van der Waals surface area contributed by atoms with Gasteiger partial charge in [0.15, 0.2) is 17.5 Å². The van der Waals surface area contributed by atoms with Crippen LogP contribution in [0.15, 0.2) is 36.5 Å². The summed E-state index contributed by atoms with van der Waals surface area (Å²) in [6, 6.07) is 6.02. The van der Waals surface area contributed by atoms with E-state index in [1.807, 2.05) is 6.07 Å². The number of alkyl halides is 3. The zero-order chi connectivity index (χ0) is 30.5. The number of carbonyl (C=O) groups is 2. The molecule has 3 amide bonds. The number of ether oxygens (including phenoxy) is 1. The minimum atomic E-state index is -4.58. The maximum absolute atomic E-state index is 14.7. The van der Waals surface area contributed by atoms with Crippen LogP contribution in [0.5, 0.6) is 0 Å². The molecule has 3 aliphatic heterocycles. The molecule has 6 rings (SSSR count). The predicted octanol–water partition coefficient (Wildman–Crippen LogP) is 4.96. The van der Waals surface area contributed by atoms with E-state index in [4.69, 9.17) is 4.74 Å². The van der Waals surface area contributed by atoms with E-state index in [9.17, 15) is 31.5 Å². The Morgan fingerprint density at radius 1 is 1.12 bits per heavy atom. The summed E-state index contributed by atoms with van der Waals surface area (Å²) < 4.78 is 75.9. The van der Waals surface area contributed by atoms with E-state index >= 15 is 0 Å². The Labute approximate surface area is 242 Å². The Morgan fingerprint density at radius 3 is 2.63 bits per heavy atom. The lowest BCUT2D eigenvalue weighted by atomic mass is 9.83. The first-order valence-electron chi connectivity index (χ1n) is 13.9. The number of hydrogen-bond acceptors (Lipinski definition) is 6. The Balaban J connectivity index is 1.22. The number of halogens is 5. The number of carbonyl (C=O) groups excluding carboxylic acids is 2. The number of piperidine rings is 1. The van der Waals surface area contributed by atoms with Crippen LogP contribution in [-0.4, -0.2) is 63.1 Å². The summed E-state index contributed by atoms with van der Waals surface area (Å²) in [5, 5.41) is 10.6. The highest BCUT2D eigenvalue weighted by Crippen LogP contribution is 2.44. The molecule has 0 saturated carbocycles. The van der Waals surface area contributed by atoms with Crippen molar-refractivity contribution in [3.05, 3.63) is 70.9 Å². The number of hydrogen-bond donors (Lipinski definition) is 1. The van der Waals surface area contributed by atoms with Crippen molar-refractivity contribution in [3.8, 4) is 0 Å². The fourth-order valence-corrected chi connectivity index (χ4v) is 6.23. The Morgan fingerprint density at radius 2 is 1.88 bits per heavy atom. The molecule has 0 unspecified atom stereocenters. The highest BCUT2D eigenvalue weighted by molar-refractivity contribution is 5.89. The van der Waals surface area contributed by atoms with Crippen molar-refractivity contribution in [1.82, 2.24) is 30.0 Å². The number of benzene rings is 1. The second-order valence-corrected chi connectivity index (χ2v) is 11.1. The lowest BCUT2D eigenvalue weighted by molar-refractivity contribution is -0.129. The molecule has 2 aromatic heterocycles. The number of nitrogens with zero attached hydrogens (tertiary/aromatic N) is 6. The third-order valence-corrected chi connectivity index (χ3v) is 8.46. The number of pyridine rings is 1. The van der Waals surface area contributed by atoms with E-state index in [1.54, 1.807) is 24.2 Å². The van der Waals surface area contributed by atoms with Gasteiger partial charge in [-0.15, -0.1) is 10.2 Å². The number of anilines is 1. The lowest BCUT2D eigenvalue weighted by Gasteiger charge is -2.45. The van der Waals surface area contributed by atoms with Gasteiger partial charge in [0.25, 0.3) is 0 Å². The third kappa shape index (κ3) is 5.36. The van der Waals surface area contributed by atoms with E-state index in [0.717, 1.165) is 11.6 Å². The zero-order valence-corrected chi connectivity index (χ0v) is 23.1. The van der Waals surface area contributed by atoms with Crippen molar-refractivity contribution in [2.24, 2.45) is 0 Å². The van der Waals surface area contributed by atoms with Crippen LogP contribution < -0.4 is 10.2 Å². The van der Waals surface area contributed by atoms with Gasteiger partial charge in [0.1, 0.15) is 23.7 Å². The normalized spacial score (nSPS) is 21.6. The molecule has 1 aromatic carbocycles. The Hall–Kier alpha value is -4.30. The van der Waals surface area contributed by atoms with E-state index in [-0.39, 0.29) is 49.7 Å². The first-order valence-corrected chi connectivity index (χ1v) is 13.9. The molecule has 3 aliphatic rings. The third-order valence-electron chi connectivity index (χ3n) is 8.46. The molecule has 1 spiro atoms. The topological polar surface area (TPSA) is 105 Å². The summed E-state index contributed by atoms with van der Waals surface area (Å²) >= 11 is 0. The molecule has 1 fully saturated rings. The van der Waals surface area contributed by atoms with Gasteiger partial charge in [-0.3, -0.25) is 4.90 Å². The van der Waals surface area contributed by atoms with Gasteiger partial charge in [-0.05, 0) is 36.6 Å². The van der Waals surface area contributed by atoms with Crippen LogP contribution in [0, 0.1) is 11.6 Å². The summed E-state index contributed by atoms with van der Waals surface area (Å²) in [4.78, 5) is 33.2. The Bertz CT molecular complexity index is 1550. The largest absolute Gasteiger partial charge is 0.437 e. The first kappa shape index (κ1) is 28.8. The maximum Gasteiger partial charge on any atom is 0.416 e. The first-order chi connectivity index (χ1) is 20.5. The van der Waals surface area contributed by atoms with E-state index in [0.29, 0.717) is 18.7 Å². The number of nitrogens with one attached hydrogen (secondary N) is 1. The molecule has 3 aromatic rings. The molecule has 228 valence electrons. The van der Waals surface area contributed by atoms with Crippen molar-refractivity contribution in [2.45, 2.75) is 62.4 Å². The van der Waals surface area contributed by atoms with E-state index in [1.165, 1.54) is 21.6 Å². The van der Waals surface area contributed by atoms with Gasteiger partial charge in [-0.2, -0.15) is 13.2 Å². The van der Waals surface area contributed by atoms with Gasteiger partial charge < -0.3 is 19.5 Å². The van der Waals surface area contributed by atoms with E-state index in [2.05, 4.69) is 20.5 Å². The lowest BCUT2D eigenvalue weighted by Crippen LogP contribution is -2.53. The molecule has 1 saturated heterocycles. The van der Waals surface area contributed by atoms with Gasteiger partial charge in [0, 0.05) is 57.2 Å². The molecule has 0 radical (unpaired) electrons. The van der Waals surface area contributed by atoms with Crippen LogP contribution in [0.3, 0.4) is 0 Å². The van der Waals surface area contributed by atoms with Crippen LogP contribution in [0.25, 0.3) is 0 Å². The number of urea groups is 1. The summed E-state index contributed by atoms with van der Waals surface area (Å²) in [5.41, 5.74) is -0.156. The van der Waals surface area contributed by atoms with Crippen molar-refractivity contribution >= 4 is 17.9 Å². The monoisotopic (exact) mass is 605 g/mol. The maximum atomic E-state index is 14.7. The summed E-state index contributed by atoms with van der Waals surface area (Å²) in [6.07, 6.45) is -3.81. The van der Waals surface area contributed by atoms with Crippen LogP contribution in [0.4, 0.5) is 37.4 Å². The molecule has 0 aliphatic carbocycles. The summed E-state index contributed by atoms with van der Waals surface area (Å²) in [7, 11) is 1.57. The van der Waals surface area contributed by atoms with Gasteiger partial charge in [-0.1, -0.05) is 12.1 Å². The molecule has 0 bridgehead atoms. The standard InChI is InChI=1S/C28H28F5N7O3/c1-38-23-18(5-3-11-34-23)27(43-26(38)42)9-12-39(13-10-27)25(41)35-20-8-7-16(17-4-2-6-19(29)22(17)30)15-40-21(14-28(31,32)33)36-37-24(20)40/h2-6,11,16,20H,7-10,12-15H2,1H3,(H,35,41)/t16-,20-/m1/s1. The molecular weight excluding hydrogens is 577 g/mol. The van der Waals surface area contributed by atoms with Crippen molar-refractivity contribution in [2.75, 3.05) is 25.0 Å². The Kier molecular flexibility index (Phi) is 7.21. The number of fused-ring (bicyclic) bond motifs is 3. The molecule has 15 heteroatoms. The average Bonchev–Trinajstić information content (AvgIpc) is 3.25. The van der Waals surface area contributed by atoms with Crippen molar-refractivity contribution in [1.29, 1.82) is 0 Å². The quantitative estimate of drug-likeness (QED) is 0.423. The smallest absolute Gasteiger partial charge is 0.416 e. The molecule has 1 N–H and O–H groups in total. The fraction of sp³-hybridized carbons (Fsp3) is 0.464. The minimum absolute atomic E-state index is 0.0355. The van der Waals surface area contributed by atoms with Crippen LogP contribution in [0.2, 0.25) is 0 Å². The predicted molar refractivity (Wildman–Crippen MR) is 141 cm³/mol. The highest BCUT2D eigenvalue weighted by Gasteiger charge is 2.47. The van der Waals surface area contributed by atoms with Crippen molar-refractivity contribution < 1.29 is 36.3 Å². The van der Waals surface area contributed by atoms with Crippen LogP contribution in [-0.2, 0) is 23.3 Å². The van der Waals surface area contributed by atoms with Crippen LogP contribution >= 0.6 is 0 Å². The summed E-state index contributed by atoms with van der Waals surface area (Å²) in [5.74, 6) is -2.56. The SMILES string of the molecule is CN1C(=O)OC2(CCN(C(=O)N[C@@H]3CC[C@@H](c4cccc(F)c4F)Cn4c(CC(F)(F)F)nnc43)CC2)c2cccnc21. The molecule has 2 atom stereocenters. The second-order valence-electron chi connectivity index (χ2n) is 11.1. The number of rotatable bonds is 3. The van der Waals surface area contributed by atoms with E-state index < -0.39 is 53.9 Å². The minimum Gasteiger partial charge on any atom is -0.437 e. The van der Waals surface area contributed by atoms with Gasteiger partial charge in [0.2, 0.25) is 0 Å². The highest BCUT2D eigenvalue weighted by atomic mass is 19.4. The fourth-order valence-electron chi connectivity index (χ4n) is 6.23. The molecule has 43 heavy (non-hydrogen) atoms. The van der Waals surface area contributed by atoms with Crippen molar-refractivity contribution in [3.63, 3.8) is 0 Å². The summed E-state index contributed by atoms with van der Waals surface area (Å²) in [6.45, 7) is 0.347. The van der Waals surface area contributed by atoms with Crippen LogP contribution in [0.1, 0.15) is 60.4 Å². The molecular formula is C28H28F5N7O3. The number of likely N-dealkylation sites (tertiary alicyclic amines) is 1. The van der Waals surface area contributed by atoms with Gasteiger partial charge >= 0.3 is 18.3 Å². The van der Waals surface area contributed by atoms with Gasteiger partial charge in [-0.25, -0.2) is 23.4 Å². The second kappa shape index (κ2) is 10.8. The number of aromatic nitrogens is 4. The average molecular weight is 606 g/mol. The number of amides is 3. The zero-order valence-electron chi connectivity index (χ0n) is 23.1. The van der Waals surface area contributed by atoms with Gasteiger partial charge in [0.05, 0.1) is 6.04 Å². The molecule has 10 nitrogen and oxygen atoms in total.